The number of hydrogen-bond acceptors (Lipinski definition) is 2. The molecule has 3 aromatic carbocycles. The molecule has 4 rings (SSSR count). The summed E-state index contributed by atoms with van der Waals surface area (Å²) in [6.07, 6.45) is 0. The van der Waals surface area contributed by atoms with Gasteiger partial charge in [-0.2, -0.15) is 0 Å². The average molecular weight is 402 g/mol. The molecule has 1 N–H and O–H groups in total. The zero-order valence-corrected chi connectivity index (χ0v) is 16.5. The highest BCUT2D eigenvalue weighted by Gasteiger charge is 2.40. The van der Waals surface area contributed by atoms with Crippen LogP contribution in [0, 0.1) is 11.7 Å². The van der Waals surface area contributed by atoms with Gasteiger partial charge in [0.25, 0.3) is 5.91 Å². The Morgan fingerprint density at radius 2 is 1.50 bits per heavy atom. The van der Waals surface area contributed by atoms with E-state index < -0.39 is 0 Å². The fourth-order valence-electron chi connectivity index (χ4n) is 3.96. The van der Waals surface area contributed by atoms with E-state index in [4.69, 9.17) is 0 Å². The van der Waals surface area contributed by atoms with Gasteiger partial charge in [-0.1, -0.05) is 60.7 Å². The van der Waals surface area contributed by atoms with Gasteiger partial charge in [0.2, 0.25) is 5.91 Å². The van der Waals surface area contributed by atoms with Crippen LogP contribution in [0.2, 0.25) is 0 Å². The van der Waals surface area contributed by atoms with Crippen LogP contribution in [-0.4, -0.2) is 29.8 Å². The predicted octanol–water partition coefficient (Wildman–Crippen LogP) is 4.00. The van der Waals surface area contributed by atoms with Gasteiger partial charge in [-0.15, -0.1) is 0 Å². The van der Waals surface area contributed by atoms with Gasteiger partial charge in [-0.05, 0) is 35.4 Å². The number of hydrogen-bond donors (Lipinski definition) is 1. The molecule has 3 aromatic rings. The molecule has 2 amide bonds. The molecule has 1 saturated heterocycles. The first-order valence-corrected chi connectivity index (χ1v) is 10.0. The molecular weight excluding hydrogens is 379 g/mol. The maximum absolute atomic E-state index is 13.1. The van der Waals surface area contributed by atoms with Crippen molar-refractivity contribution in [1.29, 1.82) is 0 Å². The number of nitrogens with zero attached hydrogens (tertiary/aromatic N) is 1. The van der Waals surface area contributed by atoms with E-state index in [2.05, 4.69) is 5.32 Å². The van der Waals surface area contributed by atoms with E-state index in [9.17, 15) is 14.0 Å². The lowest BCUT2D eigenvalue weighted by molar-refractivity contribution is -0.125. The Morgan fingerprint density at radius 3 is 2.17 bits per heavy atom. The van der Waals surface area contributed by atoms with Crippen LogP contribution < -0.4 is 5.32 Å². The standard InChI is InChI=1S/C25H23FN2O2/c26-21-13-11-18(12-14-21)15-27-24(29)23-17-28(25(30)20-9-5-2-6-10-20)16-22(23)19-7-3-1-4-8-19/h1-14,22-23H,15-17H2,(H,27,29)/t22-,23+/m0/s1. The molecule has 1 aliphatic heterocycles. The lowest BCUT2D eigenvalue weighted by Crippen LogP contribution is -2.35. The third-order valence-electron chi connectivity index (χ3n) is 5.57. The van der Waals surface area contributed by atoms with Gasteiger partial charge in [-0.3, -0.25) is 9.59 Å². The van der Waals surface area contributed by atoms with Gasteiger partial charge in [0.05, 0.1) is 5.92 Å². The highest BCUT2D eigenvalue weighted by Crippen LogP contribution is 2.33. The van der Waals surface area contributed by atoms with E-state index in [0.29, 0.717) is 25.2 Å². The first-order valence-electron chi connectivity index (χ1n) is 10.0. The summed E-state index contributed by atoms with van der Waals surface area (Å²) in [7, 11) is 0. The Hall–Kier alpha value is -3.47. The highest BCUT2D eigenvalue weighted by atomic mass is 19.1. The summed E-state index contributed by atoms with van der Waals surface area (Å²) in [6.45, 7) is 1.18. The molecule has 0 spiro atoms. The molecule has 0 aromatic heterocycles. The molecule has 0 saturated carbocycles. The minimum absolute atomic E-state index is 0.0645. The Morgan fingerprint density at radius 1 is 0.867 bits per heavy atom. The van der Waals surface area contributed by atoms with Crippen LogP contribution in [-0.2, 0) is 11.3 Å². The quantitative estimate of drug-likeness (QED) is 0.701. The zero-order valence-electron chi connectivity index (χ0n) is 16.5. The van der Waals surface area contributed by atoms with Crippen molar-refractivity contribution in [2.75, 3.05) is 13.1 Å². The van der Waals surface area contributed by atoms with Crippen LogP contribution in [0.5, 0.6) is 0 Å². The Balaban J connectivity index is 1.51. The Bertz CT molecular complexity index is 1010. The molecular formula is C25H23FN2O2. The fraction of sp³-hybridized carbons (Fsp3) is 0.200. The van der Waals surface area contributed by atoms with Crippen molar-refractivity contribution in [2.45, 2.75) is 12.5 Å². The van der Waals surface area contributed by atoms with Crippen LogP contribution in [0.25, 0.3) is 0 Å². The van der Waals surface area contributed by atoms with Crippen molar-refractivity contribution >= 4 is 11.8 Å². The zero-order chi connectivity index (χ0) is 20.9. The van der Waals surface area contributed by atoms with E-state index >= 15 is 0 Å². The third-order valence-corrected chi connectivity index (χ3v) is 5.57. The summed E-state index contributed by atoms with van der Waals surface area (Å²) in [5.74, 6) is -0.894. The summed E-state index contributed by atoms with van der Waals surface area (Å²) in [6, 6.07) is 25.0. The van der Waals surface area contributed by atoms with E-state index in [-0.39, 0.29) is 29.5 Å². The SMILES string of the molecule is O=C(NCc1ccc(F)cc1)[C@@H]1CN(C(=O)c2ccccc2)C[C@H]1c1ccccc1. The first-order chi connectivity index (χ1) is 14.6. The molecule has 5 heteroatoms. The third kappa shape index (κ3) is 4.40. The normalized spacial score (nSPS) is 18.2. The smallest absolute Gasteiger partial charge is 0.253 e. The van der Waals surface area contributed by atoms with Crippen molar-refractivity contribution in [1.82, 2.24) is 10.2 Å². The van der Waals surface area contributed by atoms with Gasteiger partial charge in [-0.25, -0.2) is 4.39 Å². The van der Waals surface area contributed by atoms with E-state index in [0.717, 1.165) is 11.1 Å². The summed E-state index contributed by atoms with van der Waals surface area (Å²) in [5, 5.41) is 2.96. The molecule has 30 heavy (non-hydrogen) atoms. The summed E-state index contributed by atoms with van der Waals surface area (Å²) in [5.41, 5.74) is 2.50. The second-order valence-electron chi connectivity index (χ2n) is 7.54. The van der Waals surface area contributed by atoms with Gasteiger partial charge in [0, 0.05) is 31.1 Å². The largest absolute Gasteiger partial charge is 0.352 e. The number of carbonyl (C=O) groups is 2. The molecule has 0 radical (unpaired) electrons. The molecule has 0 bridgehead atoms. The molecule has 4 nitrogen and oxygen atoms in total. The lowest BCUT2D eigenvalue weighted by atomic mass is 9.88. The van der Waals surface area contributed by atoms with E-state index in [1.165, 1.54) is 12.1 Å². The second-order valence-corrected chi connectivity index (χ2v) is 7.54. The number of carbonyl (C=O) groups excluding carboxylic acids is 2. The van der Waals surface area contributed by atoms with Gasteiger partial charge < -0.3 is 10.2 Å². The van der Waals surface area contributed by atoms with Crippen molar-refractivity contribution in [3.63, 3.8) is 0 Å². The Kier molecular flexibility index (Phi) is 5.89. The van der Waals surface area contributed by atoms with Crippen molar-refractivity contribution in [2.24, 2.45) is 5.92 Å². The Labute approximate surface area is 175 Å². The maximum Gasteiger partial charge on any atom is 0.253 e. The van der Waals surface area contributed by atoms with Crippen LogP contribution in [0.4, 0.5) is 4.39 Å². The monoisotopic (exact) mass is 402 g/mol. The number of likely N-dealkylation sites (tertiary alicyclic amines) is 1. The van der Waals surface area contributed by atoms with Crippen molar-refractivity contribution < 1.29 is 14.0 Å². The fourth-order valence-corrected chi connectivity index (χ4v) is 3.96. The predicted molar refractivity (Wildman–Crippen MR) is 113 cm³/mol. The van der Waals surface area contributed by atoms with Gasteiger partial charge in [0.1, 0.15) is 5.82 Å². The molecule has 1 aliphatic rings. The lowest BCUT2D eigenvalue weighted by Gasteiger charge is -2.18. The summed E-state index contributed by atoms with van der Waals surface area (Å²) < 4.78 is 13.1. The van der Waals surface area contributed by atoms with Crippen LogP contribution in [0.1, 0.15) is 27.4 Å². The van der Waals surface area contributed by atoms with E-state index in [1.54, 1.807) is 29.2 Å². The molecule has 0 aliphatic carbocycles. The number of amides is 2. The average Bonchev–Trinajstić information content (AvgIpc) is 3.25. The molecule has 2 atom stereocenters. The van der Waals surface area contributed by atoms with Crippen LogP contribution in [0.3, 0.4) is 0 Å². The highest BCUT2D eigenvalue weighted by molar-refractivity contribution is 5.95. The first kappa shape index (κ1) is 19.8. The minimum atomic E-state index is -0.347. The maximum atomic E-state index is 13.1. The van der Waals surface area contributed by atoms with E-state index in [1.807, 2.05) is 48.5 Å². The number of rotatable bonds is 5. The number of halogens is 1. The number of nitrogens with one attached hydrogen (secondary N) is 1. The molecule has 1 heterocycles. The molecule has 0 unspecified atom stereocenters. The number of benzene rings is 3. The second kappa shape index (κ2) is 8.91. The summed E-state index contributed by atoms with van der Waals surface area (Å²) in [4.78, 5) is 27.8. The summed E-state index contributed by atoms with van der Waals surface area (Å²) >= 11 is 0. The van der Waals surface area contributed by atoms with Crippen LogP contribution >= 0.6 is 0 Å². The molecule has 152 valence electrons. The molecule has 1 fully saturated rings. The van der Waals surface area contributed by atoms with Gasteiger partial charge >= 0.3 is 0 Å². The van der Waals surface area contributed by atoms with Crippen molar-refractivity contribution in [3.8, 4) is 0 Å². The van der Waals surface area contributed by atoms with Gasteiger partial charge in [0.15, 0.2) is 0 Å². The van der Waals surface area contributed by atoms with Crippen LogP contribution in [0.15, 0.2) is 84.9 Å². The topological polar surface area (TPSA) is 49.4 Å². The van der Waals surface area contributed by atoms with Crippen molar-refractivity contribution in [3.05, 3.63) is 107 Å². The minimum Gasteiger partial charge on any atom is -0.352 e.